The number of hydrogen-bond donors (Lipinski definition) is 0. The van der Waals surface area contributed by atoms with Crippen molar-refractivity contribution < 1.29 is 0 Å². The molecule has 0 saturated heterocycles. The fourth-order valence-electron chi connectivity index (χ4n) is 3.55. The van der Waals surface area contributed by atoms with Gasteiger partial charge in [0.2, 0.25) is 0 Å². The minimum absolute atomic E-state index is 0.681. The minimum Gasteiger partial charge on any atom is -0.208 e. The molecular weight excluding hydrogens is 354 g/mol. The first kappa shape index (κ1) is 17.3. The lowest BCUT2D eigenvalue weighted by Gasteiger charge is -2.10. The molecule has 0 aliphatic carbocycles. The van der Waals surface area contributed by atoms with E-state index in [0.717, 1.165) is 22.1 Å². The van der Waals surface area contributed by atoms with Gasteiger partial charge in [-0.25, -0.2) is 15.0 Å². The standard InChI is InChI=1S/C26H19N3/c1-18-9-7-14-21(17-18)25-27-24(20-11-3-2-4-12-20)28-26(29-25)23-16-8-13-19-10-5-6-15-22(19)23/h2-17H,1H3. The van der Waals surface area contributed by atoms with Gasteiger partial charge in [0, 0.05) is 16.7 Å². The van der Waals surface area contributed by atoms with Crippen LogP contribution in [0.2, 0.25) is 0 Å². The molecule has 0 N–H and O–H groups in total. The van der Waals surface area contributed by atoms with E-state index in [0.29, 0.717) is 17.5 Å². The van der Waals surface area contributed by atoms with E-state index >= 15 is 0 Å². The third kappa shape index (κ3) is 3.39. The van der Waals surface area contributed by atoms with Gasteiger partial charge in [-0.15, -0.1) is 0 Å². The van der Waals surface area contributed by atoms with Crippen LogP contribution in [0.25, 0.3) is 44.9 Å². The van der Waals surface area contributed by atoms with E-state index in [-0.39, 0.29) is 0 Å². The Hall–Kier alpha value is -3.85. The molecule has 5 rings (SSSR count). The lowest BCUT2D eigenvalue weighted by atomic mass is 10.0. The summed E-state index contributed by atoms with van der Waals surface area (Å²) in [4.78, 5) is 14.5. The first-order chi connectivity index (χ1) is 14.3. The third-order valence-electron chi connectivity index (χ3n) is 4.97. The summed E-state index contributed by atoms with van der Waals surface area (Å²) in [6, 6.07) is 32.9. The number of rotatable bonds is 3. The molecule has 0 atom stereocenters. The van der Waals surface area contributed by atoms with Crippen LogP contribution in [-0.2, 0) is 0 Å². The predicted molar refractivity (Wildman–Crippen MR) is 118 cm³/mol. The second kappa shape index (κ2) is 7.28. The van der Waals surface area contributed by atoms with Crippen LogP contribution in [0.5, 0.6) is 0 Å². The zero-order valence-electron chi connectivity index (χ0n) is 16.1. The molecule has 3 nitrogen and oxygen atoms in total. The molecule has 4 aromatic carbocycles. The fourth-order valence-corrected chi connectivity index (χ4v) is 3.55. The molecule has 5 aromatic rings. The monoisotopic (exact) mass is 373 g/mol. The fraction of sp³-hybridized carbons (Fsp3) is 0.0385. The molecule has 0 saturated carbocycles. The van der Waals surface area contributed by atoms with Crippen molar-refractivity contribution in [3.8, 4) is 34.2 Å². The Labute approximate surface area is 169 Å². The molecule has 0 spiro atoms. The van der Waals surface area contributed by atoms with Gasteiger partial charge in [-0.05, 0) is 23.8 Å². The summed E-state index contributed by atoms with van der Waals surface area (Å²) in [6.45, 7) is 2.08. The highest BCUT2D eigenvalue weighted by Crippen LogP contribution is 2.29. The van der Waals surface area contributed by atoms with Gasteiger partial charge in [-0.1, -0.05) is 96.6 Å². The van der Waals surface area contributed by atoms with Crippen molar-refractivity contribution in [2.24, 2.45) is 0 Å². The predicted octanol–water partition coefficient (Wildman–Crippen LogP) is 6.33. The van der Waals surface area contributed by atoms with Crippen LogP contribution in [0.15, 0.2) is 97.1 Å². The maximum Gasteiger partial charge on any atom is 0.164 e. The number of hydrogen-bond acceptors (Lipinski definition) is 3. The van der Waals surface area contributed by atoms with Gasteiger partial charge in [-0.2, -0.15) is 0 Å². The van der Waals surface area contributed by atoms with Crippen molar-refractivity contribution in [2.45, 2.75) is 6.92 Å². The first-order valence-electron chi connectivity index (χ1n) is 9.65. The van der Waals surface area contributed by atoms with Crippen molar-refractivity contribution in [1.82, 2.24) is 15.0 Å². The Morgan fingerprint density at radius 1 is 0.517 bits per heavy atom. The molecule has 0 amide bonds. The Kier molecular flexibility index (Phi) is 4.34. The lowest BCUT2D eigenvalue weighted by Crippen LogP contribution is -2.00. The minimum atomic E-state index is 0.681. The number of nitrogens with zero attached hydrogens (tertiary/aromatic N) is 3. The molecule has 1 aromatic heterocycles. The highest BCUT2D eigenvalue weighted by atomic mass is 15.0. The van der Waals surface area contributed by atoms with Crippen LogP contribution < -0.4 is 0 Å². The van der Waals surface area contributed by atoms with Gasteiger partial charge in [-0.3, -0.25) is 0 Å². The summed E-state index contributed by atoms with van der Waals surface area (Å²) in [6.07, 6.45) is 0. The molecule has 0 bridgehead atoms. The molecule has 29 heavy (non-hydrogen) atoms. The average molecular weight is 373 g/mol. The number of benzene rings is 4. The summed E-state index contributed by atoms with van der Waals surface area (Å²) < 4.78 is 0. The van der Waals surface area contributed by atoms with E-state index in [1.807, 2.05) is 54.6 Å². The van der Waals surface area contributed by atoms with Gasteiger partial charge in [0.05, 0.1) is 0 Å². The maximum absolute atomic E-state index is 4.87. The molecule has 0 radical (unpaired) electrons. The summed E-state index contributed by atoms with van der Waals surface area (Å²) >= 11 is 0. The zero-order chi connectivity index (χ0) is 19.6. The zero-order valence-corrected chi connectivity index (χ0v) is 16.1. The van der Waals surface area contributed by atoms with Gasteiger partial charge < -0.3 is 0 Å². The molecule has 0 fully saturated rings. The highest BCUT2D eigenvalue weighted by Gasteiger charge is 2.13. The van der Waals surface area contributed by atoms with Crippen LogP contribution in [0, 0.1) is 6.92 Å². The molecule has 3 heteroatoms. The first-order valence-corrected chi connectivity index (χ1v) is 9.65. The van der Waals surface area contributed by atoms with Crippen LogP contribution >= 0.6 is 0 Å². The Morgan fingerprint density at radius 3 is 1.97 bits per heavy atom. The van der Waals surface area contributed by atoms with Crippen LogP contribution in [-0.4, -0.2) is 15.0 Å². The largest absolute Gasteiger partial charge is 0.208 e. The van der Waals surface area contributed by atoms with Crippen molar-refractivity contribution >= 4 is 10.8 Å². The van der Waals surface area contributed by atoms with Gasteiger partial charge in [0.25, 0.3) is 0 Å². The van der Waals surface area contributed by atoms with Gasteiger partial charge in [0.15, 0.2) is 17.5 Å². The van der Waals surface area contributed by atoms with Crippen LogP contribution in [0.3, 0.4) is 0 Å². The van der Waals surface area contributed by atoms with Crippen molar-refractivity contribution in [3.05, 3.63) is 103 Å². The Morgan fingerprint density at radius 2 is 1.14 bits per heavy atom. The molecule has 0 aliphatic rings. The van der Waals surface area contributed by atoms with Gasteiger partial charge >= 0.3 is 0 Å². The SMILES string of the molecule is Cc1cccc(-c2nc(-c3ccccc3)nc(-c3cccc4ccccc34)n2)c1. The van der Waals surface area contributed by atoms with Crippen molar-refractivity contribution in [2.75, 3.05) is 0 Å². The molecular formula is C26H19N3. The smallest absolute Gasteiger partial charge is 0.164 e. The molecule has 0 unspecified atom stereocenters. The highest BCUT2D eigenvalue weighted by molar-refractivity contribution is 5.95. The summed E-state index contributed by atoms with van der Waals surface area (Å²) in [5.74, 6) is 2.05. The quantitative estimate of drug-likeness (QED) is 0.371. The number of aromatic nitrogens is 3. The molecule has 1 heterocycles. The summed E-state index contributed by atoms with van der Waals surface area (Å²) in [5.41, 5.74) is 4.16. The van der Waals surface area contributed by atoms with E-state index in [1.165, 1.54) is 10.9 Å². The second-order valence-corrected chi connectivity index (χ2v) is 7.07. The van der Waals surface area contributed by atoms with E-state index < -0.39 is 0 Å². The Balaban J connectivity index is 1.78. The second-order valence-electron chi connectivity index (χ2n) is 7.07. The molecule has 138 valence electrons. The molecule has 0 aliphatic heterocycles. The summed E-state index contributed by atoms with van der Waals surface area (Å²) in [7, 11) is 0. The maximum atomic E-state index is 4.87. The Bertz CT molecular complexity index is 1300. The average Bonchev–Trinajstić information content (AvgIpc) is 2.79. The van der Waals surface area contributed by atoms with Crippen LogP contribution in [0.1, 0.15) is 5.56 Å². The number of aryl methyl sites for hydroxylation is 1. The van der Waals surface area contributed by atoms with Gasteiger partial charge in [0.1, 0.15) is 0 Å². The van der Waals surface area contributed by atoms with E-state index in [1.54, 1.807) is 0 Å². The van der Waals surface area contributed by atoms with Crippen molar-refractivity contribution in [3.63, 3.8) is 0 Å². The number of fused-ring (bicyclic) bond motifs is 1. The van der Waals surface area contributed by atoms with E-state index in [4.69, 9.17) is 15.0 Å². The van der Waals surface area contributed by atoms with E-state index in [2.05, 4.69) is 49.4 Å². The van der Waals surface area contributed by atoms with Crippen molar-refractivity contribution in [1.29, 1.82) is 0 Å². The third-order valence-corrected chi connectivity index (χ3v) is 4.97. The topological polar surface area (TPSA) is 38.7 Å². The summed E-state index contributed by atoms with van der Waals surface area (Å²) in [5, 5.41) is 2.30. The van der Waals surface area contributed by atoms with E-state index in [9.17, 15) is 0 Å². The lowest BCUT2D eigenvalue weighted by molar-refractivity contribution is 1.08. The normalized spacial score (nSPS) is 10.9. The van der Waals surface area contributed by atoms with Crippen LogP contribution in [0.4, 0.5) is 0 Å².